The molecule has 0 bridgehead atoms. The third kappa shape index (κ3) is 2.84. The highest BCUT2D eigenvalue weighted by atomic mass is 16.2. The van der Waals surface area contributed by atoms with E-state index in [1.807, 2.05) is 48.5 Å². The number of hydrogen-bond acceptors (Lipinski definition) is 2. The van der Waals surface area contributed by atoms with Crippen molar-refractivity contribution in [1.82, 2.24) is 9.88 Å². The zero-order chi connectivity index (χ0) is 18.1. The Bertz CT molecular complexity index is 1040. The second-order valence-electron chi connectivity index (χ2n) is 6.62. The standard InChI is InChI=1S/C22H20N2O2/c1-24-20-17(12-11-16-9-5-6-10-18(16)20)13-19(22(24)26)21(25)23-14-15-7-3-2-4-8-15/h2-10,13H,11-12,14H2,1H3,(H,23,25). The summed E-state index contributed by atoms with van der Waals surface area (Å²) in [6, 6.07) is 19.6. The zero-order valence-electron chi connectivity index (χ0n) is 14.7. The Hall–Kier alpha value is -3.14. The van der Waals surface area contributed by atoms with Gasteiger partial charge in [-0.2, -0.15) is 0 Å². The second-order valence-corrected chi connectivity index (χ2v) is 6.62. The van der Waals surface area contributed by atoms with Crippen LogP contribution in [0, 0.1) is 0 Å². The van der Waals surface area contributed by atoms with E-state index >= 15 is 0 Å². The Morgan fingerprint density at radius 2 is 1.69 bits per heavy atom. The van der Waals surface area contributed by atoms with Crippen LogP contribution in [0.15, 0.2) is 65.5 Å². The average Bonchev–Trinajstić information content (AvgIpc) is 2.69. The second kappa shape index (κ2) is 6.64. The minimum atomic E-state index is -0.323. The summed E-state index contributed by atoms with van der Waals surface area (Å²) in [4.78, 5) is 25.4. The quantitative estimate of drug-likeness (QED) is 0.794. The third-order valence-corrected chi connectivity index (χ3v) is 4.97. The van der Waals surface area contributed by atoms with Crippen LogP contribution in [0.1, 0.15) is 27.0 Å². The van der Waals surface area contributed by atoms with Gasteiger partial charge in [-0.1, -0.05) is 54.6 Å². The van der Waals surface area contributed by atoms with Gasteiger partial charge in [-0.3, -0.25) is 9.59 Å². The van der Waals surface area contributed by atoms with Gasteiger partial charge in [-0.25, -0.2) is 0 Å². The highest BCUT2D eigenvalue weighted by Crippen LogP contribution is 2.32. The number of aryl methyl sites for hydroxylation is 2. The van der Waals surface area contributed by atoms with E-state index in [1.165, 1.54) is 5.56 Å². The van der Waals surface area contributed by atoms with Crippen molar-refractivity contribution in [3.63, 3.8) is 0 Å². The lowest BCUT2D eigenvalue weighted by Crippen LogP contribution is -2.33. The Morgan fingerprint density at radius 3 is 2.50 bits per heavy atom. The molecule has 1 N–H and O–H groups in total. The van der Waals surface area contributed by atoms with Gasteiger partial charge in [-0.15, -0.1) is 0 Å². The fourth-order valence-electron chi connectivity index (χ4n) is 3.62. The van der Waals surface area contributed by atoms with Crippen LogP contribution in [-0.2, 0) is 26.4 Å². The average molecular weight is 344 g/mol. The van der Waals surface area contributed by atoms with Crippen molar-refractivity contribution in [1.29, 1.82) is 0 Å². The van der Waals surface area contributed by atoms with Gasteiger partial charge in [0.1, 0.15) is 5.56 Å². The molecule has 1 aromatic heterocycles. The number of benzene rings is 2. The van der Waals surface area contributed by atoms with Crippen LogP contribution in [0.3, 0.4) is 0 Å². The van der Waals surface area contributed by atoms with E-state index in [0.29, 0.717) is 6.54 Å². The van der Waals surface area contributed by atoms with E-state index in [-0.39, 0.29) is 17.0 Å². The molecule has 3 aromatic rings. The van der Waals surface area contributed by atoms with Crippen LogP contribution in [0.5, 0.6) is 0 Å². The molecule has 0 spiro atoms. The topological polar surface area (TPSA) is 51.1 Å². The van der Waals surface area contributed by atoms with Crippen LogP contribution in [0.4, 0.5) is 0 Å². The molecule has 0 saturated carbocycles. The summed E-state index contributed by atoms with van der Waals surface area (Å²) >= 11 is 0. The molecule has 0 unspecified atom stereocenters. The van der Waals surface area contributed by atoms with E-state index < -0.39 is 0 Å². The molecule has 0 atom stereocenters. The minimum absolute atomic E-state index is 0.210. The molecule has 26 heavy (non-hydrogen) atoms. The molecule has 130 valence electrons. The largest absolute Gasteiger partial charge is 0.348 e. The van der Waals surface area contributed by atoms with Crippen LogP contribution in [0.2, 0.25) is 0 Å². The fraction of sp³-hybridized carbons (Fsp3) is 0.182. The first-order valence-corrected chi connectivity index (χ1v) is 8.78. The number of hydrogen-bond donors (Lipinski definition) is 1. The summed E-state index contributed by atoms with van der Waals surface area (Å²) < 4.78 is 1.62. The van der Waals surface area contributed by atoms with Crippen molar-refractivity contribution >= 4 is 5.91 Å². The van der Waals surface area contributed by atoms with Crippen molar-refractivity contribution in [2.45, 2.75) is 19.4 Å². The highest BCUT2D eigenvalue weighted by Gasteiger charge is 2.22. The Morgan fingerprint density at radius 1 is 1.00 bits per heavy atom. The van der Waals surface area contributed by atoms with Crippen LogP contribution < -0.4 is 10.9 Å². The number of amides is 1. The number of aromatic nitrogens is 1. The molecule has 4 nitrogen and oxygen atoms in total. The van der Waals surface area contributed by atoms with E-state index in [1.54, 1.807) is 17.7 Å². The normalized spacial score (nSPS) is 12.2. The van der Waals surface area contributed by atoms with Crippen molar-refractivity contribution < 1.29 is 4.79 Å². The molecular formula is C22H20N2O2. The van der Waals surface area contributed by atoms with Gasteiger partial charge in [0.05, 0.1) is 5.69 Å². The monoisotopic (exact) mass is 344 g/mol. The fourth-order valence-corrected chi connectivity index (χ4v) is 3.62. The van der Waals surface area contributed by atoms with Gasteiger partial charge in [0, 0.05) is 19.2 Å². The zero-order valence-corrected chi connectivity index (χ0v) is 14.7. The summed E-state index contributed by atoms with van der Waals surface area (Å²) in [5, 5.41) is 2.86. The van der Waals surface area contributed by atoms with E-state index in [2.05, 4.69) is 11.4 Å². The van der Waals surface area contributed by atoms with Gasteiger partial charge in [0.25, 0.3) is 11.5 Å². The number of carbonyl (C=O) groups is 1. The van der Waals surface area contributed by atoms with Crippen molar-refractivity contribution in [3.05, 3.63) is 93.3 Å². The van der Waals surface area contributed by atoms with Gasteiger partial charge in [0.2, 0.25) is 0 Å². The molecule has 1 aliphatic rings. The SMILES string of the molecule is Cn1c2c(cc(C(=O)NCc3ccccc3)c1=O)CCc1ccccc1-2. The molecule has 0 radical (unpaired) electrons. The maximum atomic E-state index is 12.8. The van der Waals surface area contributed by atoms with Gasteiger partial charge < -0.3 is 9.88 Å². The summed E-state index contributed by atoms with van der Waals surface area (Å²) in [5.74, 6) is -0.323. The van der Waals surface area contributed by atoms with E-state index in [9.17, 15) is 9.59 Å². The summed E-state index contributed by atoms with van der Waals surface area (Å²) in [5.41, 5.74) is 5.27. The first kappa shape index (κ1) is 16.3. The predicted octanol–water partition coefficient (Wildman–Crippen LogP) is 3.08. The highest BCUT2D eigenvalue weighted by molar-refractivity contribution is 5.94. The minimum Gasteiger partial charge on any atom is -0.348 e. The molecule has 0 aliphatic heterocycles. The molecule has 1 amide bonds. The third-order valence-electron chi connectivity index (χ3n) is 4.97. The first-order valence-electron chi connectivity index (χ1n) is 8.78. The Labute approximate surface area is 152 Å². The number of rotatable bonds is 3. The van der Waals surface area contributed by atoms with E-state index in [0.717, 1.165) is 35.2 Å². The maximum absolute atomic E-state index is 12.8. The first-order chi connectivity index (χ1) is 12.6. The molecule has 4 heteroatoms. The summed E-state index contributed by atoms with van der Waals surface area (Å²) in [6.45, 7) is 0.406. The van der Waals surface area contributed by atoms with Crippen LogP contribution in [0.25, 0.3) is 11.3 Å². The number of fused-ring (bicyclic) bond motifs is 3. The summed E-state index contributed by atoms with van der Waals surface area (Å²) in [7, 11) is 1.75. The molecule has 0 saturated heterocycles. The smallest absolute Gasteiger partial charge is 0.263 e. The predicted molar refractivity (Wildman–Crippen MR) is 102 cm³/mol. The van der Waals surface area contributed by atoms with Crippen LogP contribution in [-0.4, -0.2) is 10.5 Å². The number of carbonyl (C=O) groups excluding carboxylic acids is 1. The van der Waals surface area contributed by atoms with Crippen molar-refractivity contribution in [2.24, 2.45) is 7.05 Å². The molecular weight excluding hydrogens is 324 g/mol. The summed E-state index contributed by atoms with van der Waals surface area (Å²) in [6.07, 6.45) is 1.76. The molecule has 1 heterocycles. The Balaban J connectivity index is 1.68. The number of nitrogens with one attached hydrogen (secondary N) is 1. The van der Waals surface area contributed by atoms with Gasteiger partial charge in [-0.05, 0) is 35.6 Å². The van der Waals surface area contributed by atoms with Gasteiger partial charge >= 0.3 is 0 Å². The lowest BCUT2D eigenvalue weighted by Gasteiger charge is -2.23. The van der Waals surface area contributed by atoms with Crippen molar-refractivity contribution in [3.8, 4) is 11.3 Å². The lowest BCUT2D eigenvalue weighted by atomic mass is 9.88. The molecule has 0 fully saturated rings. The molecule has 1 aliphatic carbocycles. The maximum Gasteiger partial charge on any atom is 0.263 e. The van der Waals surface area contributed by atoms with Crippen molar-refractivity contribution in [2.75, 3.05) is 0 Å². The number of nitrogens with zero attached hydrogens (tertiary/aromatic N) is 1. The number of pyridine rings is 1. The van der Waals surface area contributed by atoms with E-state index in [4.69, 9.17) is 0 Å². The van der Waals surface area contributed by atoms with Gasteiger partial charge in [0.15, 0.2) is 0 Å². The van der Waals surface area contributed by atoms with Crippen LogP contribution >= 0.6 is 0 Å². The molecule has 2 aromatic carbocycles. The lowest BCUT2D eigenvalue weighted by molar-refractivity contribution is 0.0949. The molecule has 4 rings (SSSR count). The Kier molecular flexibility index (Phi) is 4.17.